The quantitative estimate of drug-likeness (QED) is 0.0265. The van der Waals surface area contributed by atoms with Crippen molar-refractivity contribution in [2.45, 2.75) is 181 Å². The predicted molar refractivity (Wildman–Crippen MR) is 260 cm³/mol. The Labute approximate surface area is 373 Å². The minimum atomic E-state index is -0.848. The van der Waals surface area contributed by atoms with Gasteiger partial charge in [-0.3, -0.25) is 14.4 Å². The summed E-state index contributed by atoms with van der Waals surface area (Å²) in [6.45, 7) is 6.20. The maximum atomic E-state index is 12.7. The Kier molecular flexibility index (Phi) is 44.7. The molecule has 6 heteroatoms. The van der Waals surface area contributed by atoms with E-state index in [1.165, 1.54) is 12.8 Å². The summed E-state index contributed by atoms with van der Waals surface area (Å²) in [6, 6.07) is 0. The molecule has 0 saturated heterocycles. The van der Waals surface area contributed by atoms with Gasteiger partial charge >= 0.3 is 17.9 Å². The van der Waals surface area contributed by atoms with Gasteiger partial charge in [-0.15, -0.1) is 0 Å². The smallest absolute Gasteiger partial charge is 0.306 e. The van der Waals surface area contributed by atoms with Crippen LogP contribution in [-0.4, -0.2) is 37.2 Å². The zero-order valence-electron chi connectivity index (χ0n) is 38.6. The van der Waals surface area contributed by atoms with E-state index in [2.05, 4.69) is 142 Å². The highest BCUT2D eigenvalue weighted by molar-refractivity contribution is 5.71. The molecule has 0 heterocycles. The number of allylic oxidation sites excluding steroid dienone is 22. The van der Waals surface area contributed by atoms with E-state index in [-0.39, 0.29) is 38.0 Å². The Bertz CT molecular complexity index is 1380. The number of unbranched alkanes of at least 4 members (excludes halogenated alkanes) is 7. The molecule has 6 nitrogen and oxygen atoms in total. The Morgan fingerprint density at radius 3 is 1.13 bits per heavy atom. The third-order valence-corrected chi connectivity index (χ3v) is 9.13. The Morgan fingerprint density at radius 2 is 0.689 bits per heavy atom. The molecule has 0 radical (unpaired) electrons. The highest BCUT2D eigenvalue weighted by Crippen LogP contribution is 2.10. The molecule has 0 fully saturated rings. The van der Waals surface area contributed by atoms with Crippen molar-refractivity contribution in [3.8, 4) is 0 Å². The lowest BCUT2D eigenvalue weighted by Crippen LogP contribution is -2.30. The van der Waals surface area contributed by atoms with Crippen molar-refractivity contribution in [3.05, 3.63) is 134 Å². The largest absolute Gasteiger partial charge is 0.462 e. The van der Waals surface area contributed by atoms with Crippen molar-refractivity contribution in [1.29, 1.82) is 0 Å². The van der Waals surface area contributed by atoms with Gasteiger partial charge in [-0.2, -0.15) is 0 Å². The number of rotatable bonds is 40. The van der Waals surface area contributed by atoms with Gasteiger partial charge in [0.15, 0.2) is 6.10 Å². The monoisotopic (exact) mass is 841 g/mol. The van der Waals surface area contributed by atoms with Crippen LogP contribution in [0.25, 0.3) is 0 Å². The van der Waals surface area contributed by atoms with Gasteiger partial charge in [0.2, 0.25) is 0 Å². The summed E-state index contributed by atoms with van der Waals surface area (Å²) in [5.41, 5.74) is 0. The molecule has 61 heavy (non-hydrogen) atoms. The summed E-state index contributed by atoms with van der Waals surface area (Å²) >= 11 is 0. The van der Waals surface area contributed by atoms with E-state index in [0.717, 1.165) is 109 Å². The average molecular weight is 841 g/mol. The fraction of sp³-hybridized carbons (Fsp3) is 0.545. The van der Waals surface area contributed by atoms with E-state index in [4.69, 9.17) is 14.2 Å². The Hall–Kier alpha value is -4.45. The third-order valence-electron chi connectivity index (χ3n) is 9.13. The zero-order chi connectivity index (χ0) is 44.4. The lowest BCUT2D eigenvalue weighted by atomic mass is 10.1. The molecule has 1 unspecified atom stereocenters. The van der Waals surface area contributed by atoms with Crippen LogP contribution >= 0.6 is 0 Å². The van der Waals surface area contributed by atoms with Gasteiger partial charge in [0.05, 0.1) is 0 Å². The minimum absolute atomic E-state index is 0.137. The summed E-state index contributed by atoms with van der Waals surface area (Å²) < 4.78 is 16.6. The molecule has 0 aromatic carbocycles. The molecule has 0 aliphatic heterocycles. The van der Waals surface area contributed by atoms with Crippen molar-refractivity contribution in [2.24, 2.45) is 0 Å². The van der Waals surface area contributed by atoms with Crippen molar-refractivity contribution in [2.75, 3.05) is 13.2 Å². The SMILES string of the molecule is CC/C=C\C/C=C\C/C=C\C/C=C\C/C=C\CCCC(=O)OCC(COC(=O)CCCCCC/C=C\CCCC)OC(=O)CC/C=C\C/C=C\C/C=C\C/C=C\C/C=C\CC. The number of carbonyl (C=O) groups is 3. The van der Waals surface area contributed by atoms with Crippen LogP contribution in [0.15, 0.2) is 134 Å². The van der Waals surface area contributed by atoms with Crippen molar-refractivity contribution >= 4 is 17.9 Å². The summed E-state index contributed by atoms with van der Waals surface area (Å²) in [5.74, 6) is -1.11. The number of esters is 3. The fourth-order valence-corrected chi connectivity index (χ4v) is 5.62. The molecule has 0 rings (SSSR count). The van der Waals surface area contributed by atoms with Crippen molar-refractivity contribution in [1.82, 2.24) is 0 Å². The maximum Gasteiger partial charge on any atom is 0.306 e. The molecule has 0 aromatic heterocycles. The first-order valence-electron chi connectivity index (χ1n) is 23.7. The number of hydrogen-bond acceptors (Lipinski definition) is 6. The fourth-order valence-electron chi connectivity index (χ4n) is 5.62. The first-order valence-corrected chi connectivity index (χ1v) is 23.7. The maximum absolute atomic E-state index is 12.7. The second-order valence-electron chi connectivity index (χ2n) is 14.9. The first-order chi connectivity index (χ1) is 30.0. The van der Waals surface area contributed by atoms with Crippen LogP contribution in [0, 0.1) is 0 Å². The van der Waals surface area contributed by atoms with E-state index >= 15 is 0 Å². The van der Waals surface area contributed by atoms with Gasteiger partial charge in [0, 0.05) is 19.3 Å². The summed E-state index contributed by atoms with van der Waals surface area (Å²) in [7, 11) is 0. The molecule has 0 bridgehead atoms. The number of ether oxygens (including phenoxy) is 3. The minimum Gasteiger partial charge on any atom is -0.462 e. The van der Waals surface area contributed by atoms with Crippen LogP contribution in [0.3, 0.4) is 0 Å². The van der Waals surface area contributed by atoms with Gasteiger partial charge in [0.25, 0.3) is 0 Å². The Balaban J connectivity index is 4.62. The van der Waals surface area contributed by atoms with Gasteiger partial charge in [-0.25, -0.2) is 0 Å². The van der Waals surface area contributed by atoms with Crippen LogP contribution in [0.2, 0.25) is 0 Å². The molecular formula is C55H84O6. The molecular weight excluding hydrogens is 757 g/mol. The zero-order valence-corrected chi connectivity index (χ0v) is 38.6. The second-order valence-corrected chi connectivity index (χ2v) is 14.9. The highest BCUT2D eigenvalue weighted by atomic mass is 16.6. The normalized spacial score (nSPS) is 13.3. The molecule has 0 spiro atoms. The first kappa shape index (κ1) is 56.5. The predicted octanol–water partition coefficient (Wildman–Crippen LogP) is 15.5. The number of hydrogen-bond donors (Lipinski definition) is 0. The van der Waals surface area contributed by atoms with Gasteiger partial charge in [0.1, 0.15) is 13.2 Å². The van der Waals surface area contributed by atoms with E-state index in [9.17, 15) is 14.4 Å². The van der Waals surface area contributed by atoms with Crippen molar-refractivity contribution < 1.29 is 28.6 Å². The summed E-state index contributed by atoms with van der Waals surface area (Å²) in [4.78, 5) is 37.8. The summed E-state index contributed by atoms with van der Waals surface area (Å²) in [5, 5.41) is 0. The van der Waals surface area contributed by atoms with Crippen LogP contribution < -0.4 is 0 Å². The molecule has 340 valence electrons. The third kappa shape index (κ3) is 46.5. The van der Waals surface area contributed by atoms with E-state index in [1.54, 1.807) is 0 Å². The van der Waals surface area contributed by atoms with Crippen LogP contribution in [-0.2, 0) is 28.6 Å². The van der Waals surface area contributed by atoms with Gasteiger partial charge in [-0.05, 0) is 109 Å². The van der Waals surface area contributed by atoms with Gasteiger partial charge < -0.3 is 14.2 Å². The van der Waals surface area contributed by atoms with E-state index in [0.29, 0.717) is 19.3 Å². The average Bonchev–Trinajstić information content (AvgIpc) is 3.26. The van der Waals surface area contributed by atoms with Crippen molar-refractivity contribution in [3.63, 3.8) is 0 Å². The summed E-state index contributed by atoms with van der Waals surface area (Å²) in [6.07, 6.45) is 67.4. The topological polar surface area (TPSA) is 78.9 Å². The molecule has 0 amide bonds. The van der Waals surface area contributed by atoms with Crippen LogP contribution in [0.5, 0.6) is 0 Å². The Morgan fingerprint density at radius 1 is 0.344 bits per heavy atom. The molecule has 0 aromatic rings. The molecule has 0 aliphatic carbocycles. The number of carbonyl (C=O) groups excluding carboxylic acids is 3. The lowest BCUT2D eigenvalue weighted by Gasteiger charge is -2.18. The van der Waals surface area contributed by atoms with E-state index < -0.39 is 12.1 Å². The molecule has 0 N–H and O–H groups in total. The van der Waals surface area contributed by atoms with Crippen LogP contribution in [0.4, 0.5) is 0 Å². The van der Waals surface area contributed by atoms with E-state index in [1.807, 2.05) is 12.2 Å². The second kappa shape index (κ2) is 48.2. The van der Waals surface area contributed by atoms with Gasteiger partial charge in [-0.1, -0.05) is 180 Å². The molecule has 0 saturated carbocycles. The van der Waals surface area contributed by atoms with Crippen LogP contribution in [0.1, 0.15) is 175 Å². The molecule has 0 aliphatic rings. The highest BCUT2D eigenvalue weighted by Gasteiger charge is 2.19. The standard InChI is InChI=1S/C55H84O6/c1-4-7-10-13-16-19-22-24-26-28-30-31-33-36-39-42-45-48-54(57)60-51-52(50-59-53(56)47-44-41-38-35-21-18-15-12-9-6-3)61-55(58)49-46-43-40-37-34-32-29-27-25-23-20-17-14-11-8-5-2/h7-8,10-11,15-20,24-27,30-32,34,36,39-40,43,52H,4-6,9,12-14,21-23,28-29,33,35,37-38,41-42,44-51H2,1-3H3/b10-7-,11-8-,18-15-,19-16-,20-17-,26-24-,27-25-,31-30-,34-32-,39-36-,43-40-. The molecule has 1 atom stereocenters. The lowest BCUT2D eigenvalue weighted by molar-refractivity contribution is -0.166.